The van der Waals surface area contributed by atoms with Crippen LogP contribution in [0.2, 0.25) is 0 Å². The van der Waals surface area contributed by atoms with E-state index in [1.807, 2.05) is 32.0 Å². The van der Waals surface area contributed by atoms with Gasteiger partial charge in [0.25, 0.3) is 0 Å². The summed E-state index contributed by atoms with van der Waals surface area (Å²) in [4.78, 5) is 4.38. The normalized spacial score (nSPS) is 10.3. The molecule has 4 heteroatoms. The summed E-state index contributed by atoms with van der Waals surface area (Å²) in [6.45, 7) is 4.79. The maximum Gasteiger partial charge on any atom is 0.167 e. The van der Waals surface area contributed by atoms with Crippen molar-refractivity contribution >= 4 is 5.69 Å². The molecule has 1 N–H and O–H groups in total. The van der Waals surface area contributed by atoms with E-state index in [-0.39, 0.29) is 11.6 Å². The molecule has 1 heterocycles. The van der Waals surface area contributed by atoms with Gasteiger partial charge in [-0.05, 0) is 38.1 Å². The number of nitrogens with one attached hydrogen (secondary N) is 1. The van der Waals surface area contributed by atoms with Crippen LogP contribution < -0.4 is 10.1 Å². The smallest absolute Gasteiger partial charge is 0.167 e. The van der Waals surface area contributed by atoms with E-state index in [4.69, 9.17) is 4.74 Å². The third-order valence-electron chi connectivity index (χ3n) is 2.65. The minimum absolute atomic E-state index is 0.279. The first-order valence-electron chi connectivity index (χ1n) is 6.28. The van der Waals surface area contributed by atoms with Crippen molar-refractivity contribution < 1.29 is 9.13 Å². The van der Waals surface area contributed by atoms with E-state index in [2.05, 4.69) is 10.3 Å². The molecule has 19 heavy (non-hydrogen) atoms. The zero-order valence-electron chi connectivity index (χ0n) is 11.1. The molecule has 3 nitrogen and oxygen atoms in total. The fraction of sp³-hybridized carbons (Fsp3) is 0.267. The maximum absolute atomic E-state index is 13.6. The molecule has 1 aromatic carbocycles. The van der Waals surface area contributed by atoms with Gasteiger partial charge in [-0.15, -0.1) is 0 Å². The van der Waals surface area contributed by atoms with Gasteiger partial charge in [0.2, 0.25) is 0 Å². The molecule has 0 atom stereocenters. The molecule has 0 amide bonds. The summed E-state index contributed by atoms with van der Waals surface area (Å²) in [5, 5.41) is 3.14. The van der Waals surface area contributed by atoms with E-state index in [9.17, 15) is 4.39 Å². The highest BCUT2D eigenvalue weighted by atomic mass is 19.1. The van der Waals surface area contributed by atoms with Gasteiger partial charge in [-0.1, -0.05) is 6.07 Å². The van der Waals surface area contributed by atoms with Crippen LogP contribution >= 0.6 is 0 Å². The highest BCUT2D eigenvalue weighted by molar-refractivity contribution is 5.47. The summed E-state index contributed by atoms with van der Waals surface area (Å²) in [7, 11) is 0. The third kappa shape index (κ3) is 3.68. The number of nitrogens with zero attached hydrogens (tertiary/aromatic N) is 1. The van der Waals surface area contributed by atoms with Crippen molar-refractivity contribution in [3.63, 3.8) is 0 Å². The van der Waals surface area contributed by atoms with Crippen LogP contribution in [0.4, 0.5) is 10.1 Å². The minimum Gasteiger partial charge on any atom is -0.491 e. The van der Waals surface area contributed by atoms with Crippen molar-refractivity contribution in [2.45, 2.75) is 20.4 Å². The topological polar surface area (TPSA) is 34.1 Å². The summed E-state index contributed by atoms with van der Waals surface area (Å²) >= 11 is 0. The van der Waals surface area contributed by atoms with Crippen LogP contribution in [-0.2, 0) is 6.54 Å². The Morgan fingerprint density at radius 3 is 2.79 bits per heavy atom. The Balaban J connectivity index is 2.02. The van der Waals surface area contributed by atoms with E-state index < -0.39 is 0 Å². The van der Waals surface area contributed by atoms with Crippen LogP contribution in [0.15, 0.2) is 36.4 Å². The highest BCUT2D eigenvalue weighted by Gasteiger charge is 2.04. The highest BCUT2D eigenvalue weighted by Crippen LogP contribution is 2.21. The lowest BCUT2D eigenvalue weighted by atomic mass is 10.2. The van der Waals surface area contributed by atoms with Crippen LogP contribution in [0.3, 0.4) is 0 Å². The molecule has 0 bridgehead atoms. The summed E-state index contributed by atoms with van der Waals surface area (Å²) < 4.78 is 18.8. The van der Waals surface area contributed by atoms with Crippen LogP contribution in [0.25, 0.3) is 0 Å². The molecule has 0 saturated carbocycles. The second kappa shape index (κ2) is 6.18. The molecular weight excluding hydrogens is 243 g/mol. The van der Waals surface area contributed by atoms with Crippen LogP contribution in [-0.4, -0.2) is 11.6 Å². The summed E-state index contributed by atoms with van der Waals surface area (Å²) in [6.07, 6.45) is 0. The van der Waals surface area contributed by atoms with Crippen molar-refractivity contribution in [3.05, 3.63) is 53.6 Å². The van der Waals surface area contributed by atoms with Crippen molar-refractivity contribution in [1.82, 2.24) is 4.98 Å². The SMILES string of the molecule is CCOc1ccc(NCc2cccc(C)n2)cc1F. The number of aromatic nitrogens is 1. The minimum atomic E-state index is -0.357. The molecule has 1 aromatic heterocycles. The van der Waals surface area contributed by atoms with Crippen molar-refractivity contribution in [3.8, 4) is 5.75 Å². The number of benzene rings is 1. The number of ether oxygens (including phenoxy) is 1. The average molecular weight is 260 g/mol. The Morgan fingerprint density at radius 1 is 1.26 bits per heavy atom. The predicted octanol–water partition coefficient (Wildman–Crippen LogP) is 3.54. The number of halogens is 1. The fourth-order valence-corrected chi connectivity index (χ4v) is 1.77. The molecule has 0 spiro atoms. The lowest BCUT2D eigenvalue weighted by Gasteiger charge is -2.09. The molecule has 2 rings (SSSR count). The number of anilines is 1. The third-order valence-corrected chi connectivity index (χ3v) is 2.65. The van der Waals surface area contributed by atoms with Crippen LogP contribution in [0.1, 0.15) is 18.3 Å². The lowest BCUT2D eigenvalue weighted by molar-refractivity contribution is 0.321. The molecule has 0 fully saturated rings. The number of hydrogen-bond acceptors (Lipinski definition) is 3. The zero-order chi connectivity index (χ0) is 13.7. The number of rotatable bonds is 5. The summed E-state index contributed by atoms with van der Waals surface area (Å²) in [6, 6.07) is 10.7. The van der Waals surface area contributed by atoms with Gasteiger partial charge in [-0.3, -0.25) is 4.98 Å². The number of aryl methyl sites for hydroxylation is 1. The summed E-state index contributed by atoms with van der Waals surface area (Å²) in [5.41, 5.74) is 2.61. The standard InChI is InChI=1S/C15H17FN2O/c1-3-19-15-8-7-12(9-14(15)16)17-10-13-6-4-5-11(2)18-13/h4-9,17H,3,10H2,1-2H3. The molecule has 0 aliphatic rings. The lowest BCUT2D eigenvalue weighted by Crippen LogP contribution is -2.03. The van der Waals surface area contributed by atoms with Gasteiger partial charge in [0, 0.05) is 17.4 Å². The first-order valence-corrected chi connectivity index (χ1v) is 6.28. The Kier molecular flexibility index (Phi) is 4.34. The van der Waals surface area contributed by atoms with Gasteiger partial charge in [0.05, 0.1) is 18.8 Å². The van der Waals surface area contributed by atoms with E-state index in [0.29, 0.717) is 18.8 Å². The Morgan fingerprint density at radius 2 is 2.11 bits per heavy atom. The Hall–Kier alpha value is -2.10. The second-order valence-electron chi connectivity index (χ2n) is 4.20. The first kappa shape index (κ1) is 13.3. The monoisotopic (exact) mass is 260 g/mol. The van der Waals surface area contributed by atoms with Gasteiger partial charge in [0.15, 0.2) is 11.6 Å². The molecule has 0 aliphatic heterocycles. The number of pyridine rings is 1. The van der Waals surface area contributed by atoms with Crippen LogP contribution in [0.5, 0.6) is 5.75 Å². The average Bonchev–Trinajstić information content (AvgIpc) is 2.39. The van der Waals surface area contributed by atoms with E-state index in [1.165, 1.54) is 6.07 Å². The van der Waals surface area contributed by atoms with E-state index >= 15 is 0 Å². The van der Waals surface area contributed by atoms with Crippen molar-refractivity contribution in [2.75, 3.05) is 11.9 Å². The fourth-order valence-electron chi connectivity index (χ4n) is 1.77. The molecule has 100 valence electrons. The van der Waals surface area contributed by atoms with Gasteiger partial charge in [-0.25, -0.2) is 4.39 Å². The number of hydrogen-bond donors (Lipinski definition) is 1. The molecular formula is C15H17FN2O. The van der Waals surface area contributed by atoms with Gasteiger partial charge in [-0.2, -0.15) is 0 Å². The van der Waals surface area contributed by atoms with Crippen molar-refractivity contribution in [1.29, 1.82) is 0 Å². The molecule has 0 unspecified atom stereocenters. The quantitative estimate of drug-likeness (QED) is 0.892. The largest absolute Gasteiger partial charge is 0.491 e. The zero-order valence-corrected chi connectivity index (χ0v) is 11.1. The maximum atomic E-state index is 13.6. The summed E-state index contributed by atoms with van der Waals surface area (Å²) in [5.74, 6) is -0.0780. The predicted molar refractivity (Wildman–Crippen MR) is 73.9 cm³/mol. The molecule has 2 aromatic rings. The van der Waals surface area contributed by atoms with Crippen molar-refractivity contribution in [2.24, 2.45) is 0 Å². The van der Waals surface area contributed by atoms with Crippen LogP contribution in [0, 0.1) is 12.7 Å². The molecule has 0 saturated heterocycles. The van der Waals surface area contributed by atoms with Gasteiger partial charge >= 0.3 is 0 Å². The Labute approximate surface area is 112 Å². The van der Waals surface area contributed by atoms with E-state index in [0.717, 1.165) is 11.4 Å². The first-order chi connectivity index (χ1) is 9.19. The van der Waals surface area contributed by atoms with Gasteiger partial charge < -0.3 is 10.1 Å². The second-order valence-corrected chi connectivity index (χ2v) is 4.20. The Bertz CT molecular complexity index is 558. The van der Waals surface area contributed by atoms with Gasteiger partial charge in [0.1, 0.15) is 0 Å². The molecule has 0 aliphatic carbocycles. The van der Waals surface area contributed by atoms with E-state index in [1.54, 1.807) is 12.1 Å². The molecule has 0 radical (unpaired) electrons.